The molecule has 0 spiro atoms. The summed E-state index contributed by atoms with van der Waals surface area (Å²) in [6.07, 6.45) is 2.85. The Kier molecular flexibility index (Phi) is 8.00. The summed E-state index contributed by atoms with van der Waals surface area (Å²) in [6.45, 7) is 8.57. The third kappa shape index (κ3) is 6.55. The smallest absolute Gasteiger partial charge is 0.273 e. The molecular weight excluding hydrogens is 312 g/mol. The molecule has 0 saturated carbocycles. The third-order valence-electron chi connectivity index (χ3n) is 3.56. The summed E-state index contributed by atoms with van der Waals surface area (Å²) in [5.41, 5.74) is 6.51. The topological polar surface area (TPSA) is 82.3 Å². The van der Waals surface area contributed by atoms with E-state index in [2.05, 4.69) is 32.7 Å². The van der Waals surface area contributed by atoms with Crippen molar-refractivity contribution < 1.29 is 14.3 Å². The van der Waals surface area contributed by atoms with E-state index in [0.29, 0.717) is 17.0 Å². The van der Waals surface area contributed by atoms with E-state index in [1.165, 1.54) is 17.4 Å². The number of thiazole rings is 1. The van der Waals surface area contributed by atoms with E-state index in [1.54, 1.807) is 5.94 Å². The Morgan fingerprint density at radius 3 is 2.52 bits per heavy atom. The van der Waals surface area contributed by atoms with Crippen LogP contribution in [0.25, 0.3) is 0 Å². The van der Waals surface area contributed by atoms with Gasteiger partial charge in [-0.15, -0.1) is 0 Å². The quantitative estimate of drug-likeness (QED) is 0.664. The van der Waals surface area contributed by atoms with Crippen molar-refractivity contribution >= 4 is 23.2 Å². The molecule has 1 heterocycles. The number of amides is 1. The van der Waals surface area contributed by atoms with Gasteiger partial charge in [0.25, 0.3) is 5.19 Å². The first-order chi connectivity index (χ1) is 10.8. The summed E-state index contributed by atoms with van der Waals surface area (Å²) < 4.78 is 5.38. The van der Waals surface area contributed by atoms with Gasteiger partial charge in [-0.2, -0.15) is 0 Å². The molecule has 0 saturated heterocycles. The molecule has 0 radical (unpaired) electrons. The second kappa shape index (κ2) is 9.48. The van der Waals surface area contributed by atoms with Crippen LogP contribution in [-0.2, 0) is 9.59 Å². The number of nitrogens with two attached hydrogens (primary N) is 1. The Morgan fingerprint density at radius 1 is 1.35 bits per heavy atom. The standard InChI is InChI=1S/C17H26N2O3S/c1-11(2)8-13(14(16(18)21)9-12(3)4)15-10-23-17(19-15)22-7-5-6-20/h5,10-14H,7-9H2,1-4H3,(H2,18,21). The lowest BCUT2D eigenvalue weighted by atomic mass is 9.79. The molecule has 1 amide bonds. The van der Waals surface area contributed by atoms with Crippen LogP contribution >= 0.6 is 11.3 Å². The highest BCUT2D eigenvalue weighted by Crippen LogP contribution is 2.36. The predicted octanol–water partition coefficient (Wildman–Crippen LogP) is 3.19. The van der Waals surface area contributed by atoms with Crippen molar-refractivity contribution in [2.45, 2.75) is 46.5 Å². The van der Waals surface area contributed by atoms with Crippen LogP contribution in [0.5, 0.6) is 5.19 Å². The van der Waals surface area contributed by atoms with E-state index in [0.717, 1.165) is 18.5 Å². The first-order valence-corrected chi connectivity index (χ1v) is 8.80. The van der Waals surface area contributed by atoms with Crippen molar-refractivity contribution in [2.24, 2.45) is 23.5 Å². The normalized spacial score (nSPS) is 13.7. The van der Waals surface area contributed by atoms with E-state index in [-0.39, 0.29) is 24.3 Å². The zero-order valence-electron chi connectivity index (χ0n) is 14.2. The first kappa shape index (κ1) is 19.4. The van der Waals surface area contributed by atoms with Gasteiger partial charge < -0.3 is 10.5 Å². The monoisotopic (exact) mass is 338 g/mol. The maximum absolute atomic E-state index is 12.0. The van der Waals surface area contributed by atoms with E-state index in [1.807, 2.05) is 5.38 Å². The minimum Gasteiger partial charge on any atom is -0.465 e. The Morgan fingerprint density at radius 2 is 2.00 bits per heavy atom. The van der Waals surface area contributed by atoms with Gasteiger partial charge in [-0.1, -0.05) is 39.0 Å². The average Bonchev–Trinajstić information content (AvgIpc) is 2.91. The highest BCUT2D eigenvalue weighted by atomic mass is 32.1. The maximum Gasteiger partial charge on any atom is 0.273 e. The molecule has 1 aromatic heterocycles. The summed E-state index contributed by atoms with van der Waals surface area (Å²) in [5.74, 6) is 1.96. The van der Waals surface area contributed by atoms with Crippen molar-refractivity contribution in [3.8, 4) is 5.19 Å². The van der Waals surface area contributed by atoms with Crippen LogP contribution < -0.4 is 10.5 Å². The summed E-state index contributed by atoms with van der Waals surface area (Å²) in [5, 5.41) is 2.41. The molecular formula is C17H26N2O3S. The number of rotatable bonds is 10. The van der Waals surface area contributed by atoms with Crippen LogP contribution in [0.2, 0.25) is 0 Å². The molecule has 2 atom stereocenters. The van der Waals surface area contributed by atoms with Crippen molar-refractivity contribution in [1.29, 1.82) is 0 Å². The van der Waals surface area contributed by atoms with Crippen molar-refractivity contribution in [3.63, 3.8) is 0 Å². The van der Waals surface area contributed by atoms with Crippen LogP contribution in [0, 0.1) is 17.8 Å². The number of nitrogens with zero attached hydrogens (tertiary/aromatic N) is 1. The zero-order valence-corrected chi connectivity index (χ0v) is 15.1. The molecule has 2 N–H and O–H groups in total. The van der Waals surface area contributed by atoms with Gasteiger partial charge in [0.05, 0.1) is 5.69 Å². The molecule has 6 heteroatoms. The van der Waals surface area contributed by atoms with Crippen molar-refractivity contribution in [1.82, 2.24) is 4.98 Å². The molecule has 1 aromatic rings. The summed E-state index contributed by atoms with van der Waals surface area (Å²) in [4.78, 5) is 26.6. The van der Waals surface area contributed by atoms with Gasteiger partial charge in [-0.3, -0.25) is 4.79 Å². The fourth-order valence-corrected chi connectivity index (χ4v) is 3.38. The molecule has 0 aliphatic carbocycles. The lowest BCUT2D eigenvalue weighted by Gasteiger charge is -2.26. The summed E-state index contributed by atoms with van der Waals surface area (Å²) in [6, 6.07) is 0. The number of ether oxygens (including phenoxy) is 1. The highest BCUT2D eigenvalue weighted by Gasteiger charge is 2.31. The number of hydrogen-bond acceptors (Lipinski definition) is 5. The Hall–Kier alpha value is -1.65. The summed E-state index contributed by atoms with van der Waals surface area (Å²) in [7, 11) is 0. The van der Waals surface area contributed by atoms with Gasteiger partial charge in [-0.25, -0.2) is 9.78 Å². The van der Waals surface area contributed by atoms with Gasteiger partial charge in [-0.05, 0) is 24.7 Å². The molecule has 0 aliphatic heterocycles. The van der Waals surface area contributed by atoms with E-state index in [4.69, 9.17) is 10.5 Å². The third-order valence-corrected chi connectivity index (χ3v) is 4.33. The predicted molar refractivity (Wildman–Crippen MR) is 92.2 cm³/mol. The van der Waals surface area contributed by atoms with Crippen LogP contribution in [0.15, 0.2) is 11.5 Å². The molecule has 2 unspecified atom stereocenters. The van der Waals surface area contributed by atoms with E-state index < -0.39 is 0 Å². The number of primary amides is 1. The minimum atomic E-state index is -0.274. The van der Waals surface area contributed by atoms with Gasteiger partial charge in [0.1, 0.15) is 12.5 Å². The first-order valence-electron chi connectivity index (χ1n) is 7.92. The fraction of sp³-hybridized carbons (Fsp3) is 0.647. The van der Waals surface area contributed by atoms with Crippen LogP contribution in [0.3, 0.4) is 0 Å². The Balaban J connectivity index is 2.99. The van der Waals surface area contributed by atoms with Crippen molar-refractivity contribution in [2.75, 3.05) is 6.61 Å². The number of carbonyl (C=O) groups is 1. The van der Waals surface area contributed by atoms with Crippen LogP contribution in [0.1, 0.15) is 52.1 Å². The lowest BCUT2D eigenvalue weighted by molar-refractivity contribution is -0.123. The second-order valence-electron chi connectivity index (χ2n) is 6.55. The van der Waals surface area contributed by atoms with E-state index >= 15 is 0 Å². The second-order valence-corrected chi connectivity index (χ2v) is 7.37. The molecule has 0 fully saturated rings. The van der Waals surface area contributed by atoms with Crippen LogP contribution in [-0.4, -0.2) is 23.4 Å². The minimum absolute atomic E-state index is 0.00915. The van der Waals surface area contributed by atoms with Gasteiger partial charge in [0, 0.05) is 23.3 Å². The number of aromatic nitrogens is 1. The molecule has 5 nitrogen and oxygen atoms in total. The molecule has 0 aromatic carbocycles. The average molecular weight is 338 g/mol. The fourth-order valence-electron chi connectivity index (χ4n) is 2.64. The molecule has 23 heavy (non-hydrogen) atoms. The maximum atomic E-state index is 12.0. The van der Waals surface area contributed by atoms with Crippen LogP contribution in [0.4, 0.5) is 0 Å². The molecule has 0 aliphatic rings. The van der Waals surface area contributed by atoms with Gasteiger partial charge >= 0.3 is 0 Å². The van der Waals surface area contributed by atoms with Crippen molar-refractivity contribution in [3.05, 3.63) is 17.2 Å². The lowest BCUT2D eigenvalue weighted by Crippen LogP contribution is -2.31. The zero-order chi connectivity index (χ0) is 17.4. The highest BCUT2D eigenvalue weighted by molar-refractivity contribution is 7.11. The Bertz CT molecular complexity index is 548. The summed E-state index contributed by atoms with van der Waals surface area (Å²) >= 11 is 1.37. The molecule has 0 bridgehead atoms. The largest absolute Gasteiger partial charge is 0.465 e. The number of hydrogen-bond donors (Lipinski definition) is 1. The Labute approximate surface area is 141 Å². The SMILES string of the molecule is CC(C)CC(C(N)=O)C(CC(C)C)c1csc(OCC=C=O)n1. The van der Waals surface area contributed by atoms with Gasteiger partial charge in [0.15, 0.2) is 0 Å². The van der Waals surface area contributed by atoms with E-state index in [9.17, 15) is 9.59 Å². The molecule has 128 valence electrons. The van der Waals surface area contributed by atoms with Gasteiger partial charge in [0.2, 0.25) is 5.91 Å². The number of carbonyl (C=O) groups excluding carboxylic acids is 2. The molecule has 1 rings (SSSR count).